The monoisotopic (exact) mass is 300 g/mol. The lowest BCUT2D eigenvalue weighted by Crippen LogP contribution is -2.26. The first-order valence-electron chi connectivity index (χ1n) is 6.16. The summed E-state index contributed by atoms with van der Waals surface area (Å²) in [5.74, 6) is 0.250. The molecule has 110 valence electrons. The summed E-state index contributed by atoms with van der Waals surface area (Å²) in [6.45, 7) is 0.981. The highest BCUT2D eigenvalue weighted by Crippen LogP contribution is 2.18. The van der Waals surface area contributed by atoms with E-state index in [4.69, 9.17) is 9.47 Å². The lowest BCUT2D eigenvalue weighted by atomic mass is 10.3. The maximum absolute atomic E-state index is 11.5. The topological polar surface area (TPSA) is 90.5 Å². The number of carbonyl (C=O) groups excluding carboxylic acids is 1. The van der Waals surface area contributed by atoms with Crippen LogP contribution in [0.1, 0.15) is 12.1 Å². The minimum atomic E-state index is -0.424. The number of hydrogen-bond donors (Lipinski definition) is 1. The normalized spacial score (nSPS) is 18.8. The van der Waals surface area contributed by atoms with E-state index in [0.717, 1.165) is 6.42 Å². The average molecular weight is 300 g/mol. The van der Waals surface area contributed by atoms with Crippen molar-refractivity contribution < 1.29 is 19.0 Å². The minimum absolute atomic E-state index is 0.0122. The van der Waals surface area contributed by atoms with Gasteiger partial charge in [0, 0.05) is 11.8 Å². The van der Waals surface area contributed by atoms with Gasteiger partial charge < -0.3 is 19.2 Å². The van der Waals surface area contributed by atoms with E-state index in [1.807, 2.05) is 0 Å². The zero-order chi connectivity index (χ0) is 14.4. The fourth-order valence-corrected chi connectivity index (χ4v) is 2.63. The fraction of sp³-hybridized carbons (Fsp3) is 0.583. The van der Waals surface area contributed by atoms with Crippen LogP contribution in [0.25, 0.3) is 0 Å². The Hall–Kier alpha value is -1.38. The molecular weight excluding hydrogens is 284 g/mol. The molecule has 1 N–H and O–H groups in total. The van der Waals surface area contributed by atoms with Crippen LogP contribution in [0.4, 0.5) is 0 Å². The van der Waals surface area contributed by atoms with Crippen molar-refractivity contribution in [3.05, 3.63) is 22.1 Å². The van der Waals surface area contributed by atoms with Gasteiger partial charge in [-0.3, -0.25) is 9.59 Å². The Morgan fingerprint density at radius 2 is 2.50 bits per heavy atom. The van der Waals surface area contributed by atoms with Gasteiger partial charge in [-0.2, -0.15) is 0 Å². The molecule has 7 nitrogen and oxygen atoms in total. The molecule has 1 aromatic heterocycles. The van der Waals surface area contributed by atoms with Gasteiger partial charge in [0.2, 0.25) is 0 Å². The molecule has 0 radical (unpaired) electrons. The van der Waals surface area contributed by atoms with Crippen molar-refractivity contribution in [2.24, 2.45) is 0 Å². The van der Waals surface area contributed by atoms with Crippen LogP contribution < -0.4 is 5.56 Å². The van der Waals surface area contributed by atoms with Gasteiger partial charge >= 0.3 is 5.97 Å². The molecule has 2 rings (SSSR count). The SMILES string of the molecule is COC(=O)Cc1cc(=O)[nH]c(SC[C@H]2CCOCO2)n1. The second-order valence-electron chi connectivity index (χ2n) is 4.21. The summed E-state index contributed by atoms with van der Waals surface area (Å²) in [6, 6.07) is 1.30. The highest BCUT2D eigenvalue weighted by atomic mass is 32.2. The van der Waals surface area contributed by atoms with Crippen molar-refractivity contribution in [3.8, 4) is 0 Å². The Labute approximate surface area is 120 Å². The summed E-state index contributed by atoms with van der Waals surface area (Å²) >= 11 is 1.39. The number of rotatable bonds is 5. The molecule has 1 saturated heterocycles. The summed E-state index contributed by atoms with van der Waals surface area (Å²) < 4.78 is 15.1. The van der Waals surface area contributed by atoms with E-state index in [-0.39, 0.29) is 18.1 Å². The van der Waals surface area contributed by atoms with Crippen molar-refractivity contribution in [3.63, 3.8) is 0 Å². The molecule has 8 heteroatoms. The van der Waals surface area contributed by atoms with Crippen LogP contribution >= 0.6 is 11.8 Å². The summed E-state index contributed by atoms with van der Waals surface area (Å²) in [5, 5.41) is 0.478. The molecule has 1 aliphatic rings. The number of aromatic amines is 1. The highest BCUT2D eigenvalue weighted by Gasteiger charge is 2.15. The van der Waals surface area contributed by atoms with Crippen LogP contribution in [0.15, 0.2) is 16.0 Å². The summed E-state index contributed by atoms with van der Waals surface area (Å²) in [5.41, 5.74) is 0.116. The first-order chi connectivity index (χ1) is 9.67. The van der Waals surface area contributed by atoms with Crippen LogP contribution in [0.5, 0.6) is 0 Å². The second-order valence-corrected chi connectivity index (χ2v) is 5.22. The number of thioether (sulfide) groups is 1. The number of methoxy groups -OCH3 is 1. The Morgan fingerprint density at radius 3 is 3.20 bits per heavy atom. The van der Waals surface area contributed by atoms with Crippen LogP contribution in [-0.2, 0) is 25.4 Å². The molecule has 1 atom stereocenters. The number of ether oxygens (including phenoxy) is 3. The fourth-order valence-electron chi connectivity index (χ4n) is 1.67. The Morgan fingerprint density at radius 1 is 1.65 bits per heavy atom. The van der Waals surface area contributed by atoms with E-state index >= 15 is 0 Å². The molecule has 0 saturated carbocycles. The molecule has 1 fully saturated rings. The van der Waals surface area contributed by atoms with Crippen molar-refractivity contribution in [1.29, 1.82) is 0 Å². The van der Waals surface area contributed by atoms with Gasteiger partial charge in [-0.25, -0.2) is 4.98 Å². The maximum atomic E-state index is 11.5. The lowest BCUT2D eigenvalue weighted by molar-refractivity contribution is -0.139. The molecule has 0 aliphatic carbocycles. The average Bonchev–Trinajstić information content (AvgIpc) is 2.45. The number of nitrogens with zero attached hydrogens (tertiary/aromatic N) is 1. The summed E-state index contributed by atoms with van der Waals surface area (Å²) in [6.07, 6.45) is 0.893. The molecule has 0 spiro atoms. The largest absolute Gasteiger partial charge is 0.469 e. The van der Waals surface area contributed by atoms with Crippen molar-refractivity contribution >= 4 is 17.7 Å². The molecule has 20 heavy (non-hydrogen) atoms. The Kier molecular flexibility index (Phi) is 5.57. The lowest BCUT2D eigenvalue weighted by Gasteiger charge is -2.21. The molecule has 0 amide bonds. The molecule has 1 aromatic rings. The zero-order valence-electron chi connectivity index (χ0n) is 11.1. The third kappa shape index (κ3) is 4.62. The molecular formula is C12H16N2O5S. The number of H-pyrrole nitrogens is 1. The standard InChI is InChI=1S/C12H16N2O5S/c1-17-11(16)5-8-4-10(15)14-12(13-8)20-6-9-2-3-18-7-19-9/h4,9H,2-3,5-7H2,1H3,(H,13,14,15)/t9-/m1/s1. The van der Waals surface area contributed by atoms with Gasteiger partial charge in [0.25, 0.3) is 5.56 Å². The zero-order valence-corrected chi connectivity index (χ0v) is 11.9. The Balaban J connectivity index is 1.96. The first-order valence-corrected chi connectivity index (χ1v) is 7.15. The van der Waals surface area contributed by atoms with E-state index in [2.05, 4.69) is 14.7 Å². The van der Waals surface area contributed by atoms with Crippen LogP contribution in [0, 0.1) is 0 Å². The van der Waals surface area contributed by atoms with Crippen LogP contribution in [-0.4, -0.2) is 48.3 Å². The van der Waals surface area contributed by atoms with E-state index in [1.54, 1.807) is 0 Å². The van der Waals surface area contributed by atoms with E-state index in [9.17, 15) is 9.59 Å². The van der Waals surface area contributed by atoms with Gasteiger partial charge in [0.05, 0.1) is 31.9 Å². The van der Waals surface area contributed by atoms with Crippen LogP contribution in [0.2, 0.25) is 0 Å². The molecule has 0 unspecified atom stereocenters. The second kappa shape index (κ2) is 7.41. The number of nitrogens with one attached hydrogen (secondary N) is 1. The summed E-state index contributed by atoms with van der Waals surface area (Å²) in [4.78, 5) is 29.6. The first kappa shape index (κ1) is 15.0. The van der Waals surface area contributed by atoms with E-state index in [0.29, 0.717) is 30.0 Å². The number of carbonyl (C=O) groups is 1. The number of aromatic nitrogens is 2. The van der Waals surface area contributed by atoms with Gasteiger partial charge in [0.1, 0.15) is 6.79 Å². The highest BCUT2D eigenvalue weighted by molar-refractivity contribution is 7.99. The van der Waals surface area contributed by atoms with Crippen LogP contribution in [0.3, 0.4) is 0 Å². The summed E-state index contributed by atoms with van der Waals surface area (Å²) in [7, 11) is 1.30. The maximum Gasteiger partial charge on any atom is 0.311 e. The minimum Gasteiger partial charge on any atom is -0.469 e. The smallest absolute Gasteiger partial charge is 0.311 e. The third-order valence-corrected chi connectivity index (χ3v) is 3.71. The van der Waals surface area contributed by atoms with Gasteiger partial charge in [-0.05, 0) is 6.42 Å². The van der Waals surface area contributed by atoms with E-state index in [1.165, 1.54) is 24.9 Å². The quantitative estimate of drug-likeness (QED) is 0.476. The number of hydrogen-bond acceptors (Lipinski definition) is 7. The van der Waals surface area contributed by atoms with Gasteiger partial charge in [-0.15, -0.1) is 0 Å². The molecule has 0 bridgehead atoms. The predicted octanol–water partition coefficient (Wildman–Crippen LogP) is 0.340. The molecule has 0 aromatic carbocycles. The molecule has 1 aliphatic heterocycles. The molecule has 2 heterocycles. The van der Waals surface area contributed by atoms with E-state index < -0.39 is 5.97 Å². The van der Waals surface area contributed by atoms with Crippen molar-refractivity contribution in [2.45, 2.75) is 24.1 Å². The number of esters is 1. The predicted molar refractivity (Wildman–Crippen MR) is 71.6 cm³/mol. The third-order valence-electron chi connectivity index (χ3n) is 2.70. The van der Waals surface area contributed by atoms with Crippen molar-refractivity contribution in [2.75, 3.05) is 26.3 Å². The van der Waals surface area contributed by atoms with Gasteiger partial charge in [-0.1, -0.05) is 11.8 Å². The Bertz CT molecular complexity index is 513. The van der Waals surface area contributed by atoms with Gasteiger partial charge in [0.15, 0.2) is 5.16 Å². The van der Waals surface area contributed by atoms with Crippen molar-refractivity contribution in [1.82, 2.24) is 9.97 Å².